The molecule has 0 heterocycles. The monoisotopic (exact) mass is 232 g/mol. The van der Waals surface area contributed by atoms with E-state index in [1.807, 2.05) is 26.0 Å². The van der Waals surface area contributed by atoms with Crippen LogP contribution in [0.4, 0.5) is 0 Å². The van der Waals surface area contributed by atoms with E-state index in [0.29, 0.717) is 6.54 Å². The Bertz CT molecular complexity index is 395. The molecule has 2 rings (SSSR count). The number of carbonyl (C=O) groups is 1. The van der Waals surface area contributed by atoms with Gasteiger partial charge in [-0.15, -0.1) is 0 Å². The first-order valence-corrected chi connectivity index (χ1v) is 6.09. The van der Waals surface area contributed by atoms with Crippen molar-refractivity contribution in [2.45, 2.75) is 32.2 Å². The lowest BCUT2D eigenvalue weighted by Crippen LogP contribution is -2.46. The lowest BCUT2D eigenvalue weighted by molar-refractivity contribution is -0.124. The smallest absolute Gasteiger partial charge is 0.223 e. The molecule has 3 nitrogen and oxygen atoms in total. The fourth-order valence-corrected chi connectivity index (χ4v) is 2.20. The highest BCUT2D eigenvalue weighted by atomic mass is 16.1. The van der Waals surface area contributed by atoms with E-state index in [1.165, 1.54) is 11.1 Å². The van der Waals surface area contributed by atoms with Gasteiger partial charge in [0, 0.05) is 18.0 Å². The van der Waals surface area contributed by atoms with Crippen LogP contribution in [0.5, 0.6) is 0 Å². The molecule has 92 valence electrons. The Labute approximate surface area is 102 Å². The third kappa shape index (κ3) is 3.07. The average molecular weight is 232 g/mol. The highest BCUT2D eigenvalue weighted by Crippen LogP contribution is 2.26. The number of rotatable bonds is 3. The molecule has 0 bridgehead atoms. The van der Waals surface area contributed by atoms with Gasteiger partial charge in [0.15, 0.2) is 0 Å². The average Bonchev–Trinajstić information content (AvgIpc) is 2.68. The standard InChI is InChI=1S/C14H20N2O/c1-14(2,15)9-16-13(17)12-7-10-5-3-4-6-11(10)8-12/h3-6,12H,7-9,15H2,1-2H3,(H,16,17). The number of benzene rings is 1. The second-order valence-electron chi connectivity index (χ2n) is 5.58. The molecule has 1 amide bonds. The summed E-state index contributed by atoms with van der Waals surface area (Å²) >= 11 is 0. The van der Waals surface area contributed by atoms with Crippen LogP contribution in [-0.2, 0) is 17.6 Å². The molecule has 0 saturated carbocycles. The molecule has 3 N–H and O–H groups in total. The van der Waals surface area contributed by atoms with Crippen molar-refractivity contribution in [3.05, 3.63) is 35.4 Å². The van der Waals surface area contributed by atoms with Crippen molar-refractivity contribution in [3.8, 4) is 0 Å². The topological polar surface area (TPSA) is 55.1 Å². The van der Waals surface area contributed by atoms with Crippen LogP contribution < -0.4 is 11.1 Å². The highest BCUT2D eigenvalue weighted by molar-refractivity contribution is 5.80. The lowest BCUT2D eigenvalue weighted by atomic mass is 10.0. The third-order valence-electron chi connectivity index (χ3n) is 3.14. The summed E-state index contributed by atoms with van der Waals surface area (Å²) in [5.74, 6) is 0.203. The van der Waals surface area contributed by atoms with E-state index in [2.05, 4.69) is 17.4 Å². The molecule has 0 aliphatic heterocycles. The minimum atomic E-state index is -0.346. The Balaban J connectivity index is 1.92. The van der Waals surface area contributed by atoms with Gasteiger partial charge in [-0.3, -0.25) is 4.79 Å². The number of hydrogen-bond acceptors (Lipinski definition) is 2. The van der Waals surface area contributed by atoms with Crippen molar-refractivity contribution in [3.63, 3.8) is 0 Å². The lowest BCUT2D eigenvalue weighted by Gasteiger charge is -2.20. The first kappa shape index (κ1) is 12.1. The fraction of sp³-hybridized carbons (Fsp3) is 0.500. The summed E-state index contributed by atoms with van der Waals surface area (Å²) in [7, 11) is 0. The van der Waals surface area contributed by atoms with Crippen molar-refractivity contribution >= 4 is 5.91 Å². The van der Waals surface area contributed by atoms with Crippen molar-refractivity contribution < 1.29 is 4.79 Å². The summed E-state index contributed by atoms with van der Waals surface area (Å²) < 4.78 is 0. The van der Waals surface area contributed by atoms with Crippen LogP contribution in [0.15, 0.2) is 24.3 Å². The largest absolute Gasteiger partial charge is 0.354 e. The predicted octanol–water partition coefficient (Wildman–Crippen LogP) is 1.25. The Morgan fingerprint density at radius 1 is 1.35 bits per heavy atom. The zero-order valence-electron chi connectivity index (χ0n) is 10.5. The van der Waals surface area contributed by atoms with E-state index in [-0.39, 0.29) is 17.4 Å². The van der Waals surface area contributed by atoms with Crippen LogP contribution in [0.1, 0.15) is 25.0 Å². The number of amides is 1. The molecule has 0 spiro atoms. The van der Waals surface area contributed by atoms with Crippen LogP contribution in [0, 0.1) is 5.92 Å². The molecule has 0 unspecified atom stereocenters. The zero-order chi connectivity index (χ0) is 12.5. The quantitative estimate of drug-likeness (QED) is 0.824. The molecule has 1 aromatic carbocycles. The summed E-state index contributed by atoms with van der Waals surface area (Å²) in [6.45, 7) is 4.35. The van der Waals surface area contributed by atoms with Gasteiger partial charge in [-0.1, -0.05) is 24.3 Å². The van der Waals surface area contributed by atoms with Crippen molar-refractivity contribution in [1.82, 2.24) is 5.32 Å². The first-order chi connectivity index (χ1) is 7.96. The molecule has 17 heavy (non-hydrogen) atoms. The molecular weight excluding hydrogens is 212 g/mol. The molecule has 0 aromatic heterocycles. The summed E-state index contributed by atoms with van der Waals surface area (Å²) in [5.41, 5.74) is 8.12. The maximum absolute atomic E-state index is 12.0. The zero-order valence-corrected chi connectivity index (χ0v) is 10.5. The Kier molecular flexibility index (Phi) is 3.20. The van der Waals surface area contributed by atoms with Crippen LogP contribution >= 0.6 is 0 Å². The van der Waals surface area contributed by atoms with Crippen molar-refractivity contribution in [2.75, 3.05) is 6.54 Å². The SMILES string of the molecule is CC(C)(N)CNC(=O)C1Cc2ccccc2C1. The molecular formula is C14H20N2O. The molecule has 1 aliphatic carbocycles. The minimum Gasteiger partial charge on any atom is -0.354 e. The van der Waals surface area contributed by atoms with Gasteiger partial charge in [-0.25, -0.2) is 0 Å². The highest BCUT2D eigenvalue weighted by Gasteiger charge is 2.27. The Morgan fingerprint density at radius 2 is 1.88 bits per heavy atom. The van der Waals surface area contributed by atoms with Gasteiger partial charge in [-0.2, -0.15) is 0 Å². The van der Waals surface area contributed by atoms with E-state index in [1.54, 1.807) is 0 Å². The molecule has 0 fully saturated rings. The minimum absolute atomic E-state index is 0.0785. The van der Waals surface area contributed by atoms with Crippen molar-refractivity contribution in [2.24, 2.45) is 11.7 Å². The maximum atomic E-state index is 12.0. The number of nitrogens with one attached hydrogen (secondary N) is 1. The number of carbonyl (C=O) groups excluding carboxylic acids is 1. The predicted molar refractivity (Wildman–Crippen MR) is 68.6 cm³/mol. The van der Waals surface area contributed by atoms with Crippen LogP contribution in [0.25, 0.3) is 0 Å². The van der Waals surface area contributed by atoms with Gasteiger partial charge < -0.3 is 11.1 Å². The third-order valence-corrected chi connectivity index (χ3v) is 3.14. The maximum Gasteiger partial charge on any atom is 0.223 e. The number of hydrogen-bond donors (Lipinski definition) is 2. The van der Waals surface area contributed by atoms with E-state index in [0.717, 1.165) is 12.8 Å². The van der Waals surface area contributed by atoms with E-state index < -0.39 is 0 Å². The summed E-state index contributed by atoms with van der Waals surface area (Å²) in [6.07, 6.45) is 1.71. The van der Waals surface area contributed by atoms with Crippen LogP contribution in [0.2, 0.25) is 0 Å². The van der Waals surface area contributed by atoms with Gasteiger partial charge in [0.2, 0.25) is 5.91 Å². The Hall–Kier alpha value is -1.35. The molecule has 3 heteroatoms. The molecule has 0 atom stereocenters. The van der Waals surface area contributed by atoms with Gasteiger partial charge in [0.25, 0.3) is 0 Å². The second-order valence-corrected chi connectivity index (χ2v) is 5.58. The van der Waals surface area contributed by atoms with E-state index in [9.17, 15) is 4.79 Å². The summed E-state index contributed by atoms with van der Waals surface area (Å²) in [6, 6.07) is 8.27. The summed E-state index contributed by atoms with van der Waals surface area (Å²) in [4.78, 5) is 12.0. The van der Waals surface area contributed by atoms with Gasteiger partial charge in [-0.05, 0) is 37.8 Å². The normalized spacial score (nSPS) is 15.7. The van der Waals surface area contributed by atoms with Crippen LogP contribution in [-0.4, -0.2) is 18.0 Å². The first-order valence-electron chi connectivity index (χ1n) is 6.09. The summed E-state index contributed by atoms with van der Waals surface area (Å²) in [5, 5.41) is 2.94. The fourth-order valence-electron chi connectivity index (χ4n) is 2.20. The van der Waals surface area contributed by atoms with Gasteiger partial charge in [0.1, 0.15) is 0 Å². The number of nitrogens with two attached hydrogens (primary N) is 1. The van der Waals surface area contributed by atoms with Gasteiger partial charge in [0.05, 0.1) is 0 Å². The molecule has 0 saturated heterocycles. The van der Waals surface area contributed by atoms with E-state index in [4.69, 9.17) is 5.73 Å². The molecule has 0 radical (unpaired) electrons. The Morgan fingerprint density at radius 3 is 2.35 bits per heavy atom. The van der Waals surface area contributed by atoms with Crippen LogP contribution in [0.3, 0.4) is 0 Å². The van der Waals surface area contributed by atoms with Gasteiger partial charge >= 0.3 is 0 Å². The molecule has 1 aliphatic rings. The number of fused-ring (bicyclic) bond motifs is 1. The van der Waals surface area contributed by atoms with Crippen molar-refractivity contribution in [1.29, 1.82) is 0 Å². The molecule has 1 aromatic rings. The van der Waals surface area contributed by atoms with E-state index >= 15 is 0 Å². The second kappa shape index (κ2) is 4.49.